The molecule has 0 saturated carbocycles. The topological polar surface area (TPSA) is 76.7 Å². The highest BCUT2D eigenvalue weighted by molar-refractivity contribution is 5.82. The number of nitro benzene ring substituents is 1. The van der Waals surface area contributed by atoms with E-state index in [2.05, 4.69) is 14.9 Å². The maximum Gasteiger partial charge on any atom is 0.311 e. The highest BCUT2D eigenvalue weighted by Crippen LogP contribution is 2.41. The van der Waals surface area contributed by atoms with Crippen molar-refractivity contribution in [2.24, 2.45) is 7.05 Å². The van der Waals surface area contributed by atoms with Crippen molar-refractivity contribution >= 4 is 11.4 Å². The van der Waals surface area contributed by atoms with E-state index in [1.165, 1.54) is 39.5 Å². The molecule has 2 aliphatic heterocycles. The van der Waals surface area contributed by atoms with Gasteiger partial charge in [-0.25, -0.2) is 0 Å². The van der Waals surface area contributed by atoms with Gasteiger partial charge in [0.2, 0.25) is 0 Å². The predicted octanol–water partition coefficient (Wildman–Crippen LogP) is 3.46. The molecule has 0 radical (unpaired) electrons. The van der Waals surface area contributed by atoms with Crippen LogP contribution in [0, 0.1) is 10.1 Å². The fourth-order valence-electron chi connectivity index (χ4n) is 4.67. The molecule has 3 heterocycles. The van der Waals surface area contributed by atoms with Crippen LogP contribution in [0.3, 0.4) is 0 Å². The van der Waals surface area contributed by atoms with E-state index in [-0.39, 0.29) is 10.6 Å². The number of piperidine rings is 2. The number of hydrogen-bond acceptors (Lipinski definition) is 6. The summed E-state index contributed by atoms with van der Waals surface area (Å²) >= 11 is 0. The first-order chi connectivity index (χ1) is 14.1. The summed E-state index contributed by atoms with van der Waals surface area (Å²) in [4.78, 5) is 16.2. The van der Waals surface area contributed by atoms with Crippen LogP contribution in [0.2, 0.25) is 0 Å². The van der Waals surface area contributed by atoms with Crippen molar-refractivity contribution in [2.75, 3.05) is 38.2 Å². The number of aryl methyl sites for hydroxylation is 1. The Hall–Kier alpha value is -2.61. The second kappa shape index (κ2) is 8.41. The molecule has 0 atom stereocenters. The summed E-state index contributed by atoms with van der Waals surface area (Å²) in [6, 6.07) is 4.09. The standard InChI is InChI=1S/C21H29N5O3/c1-23-15-16(14-22-23)18-12-20(26(27)28)21(29-2)13-19(18)25-10-6-17(7-11-25)24-8-4-3-5-9-24/h12-15,17H,3-11H2,1-2H3. The molecule has 1 aromatic carbocycles. The number of nitrogens with zero attached hydrogens (tertiary/aromatic N) is 5. The Morgan fingerprint density at radius 3 is 2.45 bits per heavy atom. The Kier molecular flexibility index (Phi) is 5.71. The molecule has 2 aliphatic rings. The fourth-order valence-corrected chi connectivity index (χ4v) is 4.67. The van der Waals surface area contributed by atoms with Crippen molar-refractivity contribution in [1.82, 2.24) is 14.7 Å². The minimum atomic E-state index is -0.384. The minimum Gasteiger partial charge on any atom is -0.490 e. The number of methoxy groups -OCH3 is 1. The van der Waals surface area contributed by atoms with E-state index in [0.717, 1.165) is 42.7 Å². The van der Waals surface area contributed by atoms with E-state index < -0.39 is 0 Å². The van der Waals surface area contributed by atoms with Gasteiger partial charge in [0.05, 0.1) is 18.2 Å². The number of hydrogen-bond donors (Lipinski definition) is 0. The zero-order valence-corrected chi connectivity index (χ0v) is 17.2. The van der Waals surface area contributed by atoms with Gasteiger partial charge in [-0.3, -0.25) is 14.8 Å². The van der Waals surface area contributed by atoms with Gasteiger partial charge >= 0.3 is 5.69 Å². The maximum absolute atomic E-state index is 11.6. The van der Waals surface area contributed by atoms with Crippen molar-refractivity contribution in [3.63, 3.8) is 0 Å². The van der Waals surface area contributed by atoms with Crippen LogP contribution in [0.15, 0.2) is 24.5 Å². The van der Waals surface area contributed by atoms with E-state index in [0.29, 0.717) is 11.8 Å². The Labute approximate surface area is 171 Å². The highest BCUT2D eigenvalue weighted by atomic mass is 16.6. The average Bonchev–Trinajstić information content (AvgIpc) is 3.19. The van der Waals surface area contributed by atoms with E-state index in [4.69, 9.17) is 4.74 Å². The van der Waals surface area contributed by atoms with Crippen LogP contribution in [0.25, 0.3) is 11.1 Å². The van der Waals surface area contributed by atoms with Gasteiger partial charge < -0.3 is 14.5 Å². The Bertz CT molecular complexity index is 867. The molecule has 0 unspecified atom stereocenters. The quantitative estimate of drug-likeness (QED) is 0.566. The molecule has 1 aromatic heterocycles. The lowest BCUT2D eigenvalue weighted by molar-refractivity contribution is -0.385. The van der Waals surface area contributed by atoms with Crippen molar-refractivity contribution in [3.8, 4) is 16.9 Å². The molecule has 4 rings (SSSR count). The number of likely N-dealkylation sites (tertiary alicyclic amines) is 1. The molecule has 0 N–H and O–H groups in total. The number of aromatic nitrogens is 2. The lowest BCUT2D eigenvalue weighted by atomic mass is 9.97. The number of ether oxygens (including phenoxy) is 1. The zero-order chi connectivity index (χ0) is 20.4. The zero-order valence-electron chi connectivity index (χ0n) is 17.2. The summed E-state index contributed by atoms with van der Waals surface area (Å²) < 4.78 is 7.07. The lowest BCUT2D eigenvalue weighted by Crippen LogP contribution is -2.46. The summed E-state index contributed by atoms with van der Waals surface area (Å²) in [7, 11) is 3.34. The van der Waals surface area contributed by atoms with Crippen LogP contribution in [0.1, 0.15) is 32.1 Å². The first-order valence-electron chi connectivity index (χ1n) is 10.4. The van der Waals surface area contributed by atoms with Gasteiger partial charge in [-0.1, -0.05) is 6.42 Å². The van der Waals surface area contributed by atoms with Crippen molar-refractivity contribution < 1.29 is 9.66 Å². The Morgan fingerprint density at radius 1 is 1.14 bits per heavy atom. The van der Waals surface area contributed by atoms with Crippen LogP contribution in [0.4, 0.5) is 11.4 Å². The third kappa shape index (κ3) is 4.07. The van der Waals surface area contributed by atoms with Crippen LogP contribution in [-0.4, -0.2) is 58.9 Å². The summed E-state index contributed by atoms with van der Waals surface area (Å²) in [5.74, 6) is 0.302. The molecule has 2 aromatic rings. The molecule has 2 saturated heterocycles. The van der Waals surface area contributed by atoms with Gasteiger partial charge in [-0.15, -0.1) is 0 Å². The third-order valence-electron chi connectivity index (χ3n) is 6.22. The third-order valence-corrected chi connectivity index (χ3v) is 6.22. The minimum absolute atomic E-state index is 0.0155. The molecule has 0 amide bonds. The van der Waals surface area contributed by atoms with Crippen LogP contribution in [-0.2, 0) is 7.05 Å². The van der Waals surface area contributed by atoms with Gasteiger partial charge in [0.1, 0.15) is 0 Å². The molecule has 8 heteroatoms. The molecule has 2 fully saturated rings. The summed E-state index contributed by atoms with van der Waals surface area (Å²) in [6.07, 6.45) is 9.87. The van der Waals surface area contributed by atoms with Crippen molar-refractivity contribution in [1.29, 1.82) is 0 Å². The van der Waals surface area contributed by atoms with Gasteiger partial charge in [-0.2, -0.15) is 5.10 Å². The largest absolute Gasteiger partial charge is 0.490 e. The van der Waals surface area contributed by atoms with Crippen molar-refractivity contribution in [2.45, 2.75) is 38.1 Å². The fraction of sp³-hybridized carbons (Fsp3) is 0.571. The van der Waals surface area contributed by atoms with E-state index in [1.54, 1.807) is 16.9 Å². The van der Waals surface area contributed by atoms with Gasteiger partial charge in [0.25, 0.3) is 0 Å². The number of benzene rings is 1. The van der Waals surface area contributed by atoms with Crippen LogP contribution >= 0.6 is 0 Å². The summed E-state index contributed by atoms with van der Waals surface area (Å²) in [5, 5.41) is 15.8. The molecule has 0 bridgehead atoms. The van der Waals surface area contributed by atoms with Crippen molar-refractivity contribution in [3.05, 3.63) is 34.6 Å². The summed E-state index contributed by atoms with van der Waals surface area (Å²) in [5.41, 5.74) is 2.68. The summed E-state index contributed by atoms with van der Waals surface area (Å²) in [6.45, 7) is 4.32. The Morgan fingerprint density at radius 2 is 1.86 bits per heavy atom. The lowest BCUT2D eigenvalue weighted by Gasteiger charge is -2.41. The SMILES string of the molecule is COc1cc(N2CCC(N3CCCCC3)CC2)c(-c2cnn(C)c2)cc1[N+](=O)[O-]. The predicted molar refractivity (Wildman–Crippen MR) is 113 cm³/mol. The number of rotatable bonds is 5. The monoisotopic (exact) mass is 399 g/mol. The second-order valence-corrected chi connectivity index (χ2v) is 8.02. The van der Waals surface area contributed by atoms with Gasteiger partial charge in [0, 0.05) is 61.3 Å². The first-order valence-corrected chi connectivity index (χ1v) is 10.4. The average molecular weight is 399 g/mol. The van der Waals surface area contributed by atoms with E-state index >= 15 is 0 Å². The van der Waals surface area contributed by atoms with E-state index in [9.17, 15) is 10.1 Å². The molecule has 29 heavy (non-hydrogen) atoms. The molecule has 156 valence electrons. The number of anilines is 1. The molecule has 0 spiro atoms. The van der Waals surface area contributed by atoms with E-state index in [1.807, 2.05) is 19.3 Å². The van der Waals surface area contributed by atoms with Crippen LogP contribution in [0.5, 0.6) is 5.75 Å². The second-order valence-electron chi connectivity index (χ2n) is 8.02. The molecule has 8 nitrogen and oxygen atoms in total. The highest BCUT2D eigenvalue weighted by Gasteiger charge is 2.29. The van der Waals surface area contributed by atoms with Gasteiger partial charge in [0.15, 0.2) is 5.75 Å². The number of nitro groups is 1. The van der Waals surface area contributed by atoms with Gasteiger partial charge in [-0.05, 0) is 38.8 Å². The van der Waals surface area contributed by atoms with Crippen LogP contribution < -0.4 is 9.64 Å². The normalized spacial score (nSPS) is 18.8. The maximum atomic E-state index is 11.6. The molecular weight excluding hydrogens is 370 g/mol. The molecular formula is C21H29N5O3. The smallest absolute Gasteiger partial charge is 0.311 e. The first kappa shape index (κ1) is 19.7. The Balaban J connectivity index is 1.63. The molecule has 0 aliphatic carbocycles.